The minimum atomic E-state index is -0.585. The van der Waals surface area contributed by atoms with Crippen LogP contribution in [0.15, 0.2) is 58.2 Å². The molecule has 1 aliphatic carbocycles. The van der Waals surface area contributed by atoms with E-state index in [0.717, 1.165) is 18.4 Å². The smallest absolute Gasteiger partial charge is 0.231 e. The third-order valence-electron chi connectivity index (χ3n) is 5.18. The summed E-state index contributed by atoms with van der Waals surface area (Å²) in [7, 11) is 0. The van der Waals surface area contributed by atoms with Crippen molar-refractivity contribution in [3.63, 3.8) is 0 Å². The summed E-state index contributed by atoms with van der Waals surface area (Å²) in [5, 5.41) is 15.6. The lowest BCUT2D eigenvalue weighted by molar-refractivity contribution is -0.119. The number of hydrogen-bond donors (Lipinski definition) is 1. The Morgan fingerprint density at radius 2 is 2.00 bits per heavy atom. The number of halogens is 2. The van der Waals surface area contributed by atoms with Crippen molar-refractivity contribution in [2.75, 3.05) is 5.75 Å². The Kier molecular flexibility index (Phi) is 6.79. The predicted octanol–water partition coefficient (Wildman–Crippen LogP) is 4.69. The molecule has 30 heavy (non-hydrogen) atoms. The first-order chi connectivity index (χ1) is 14.6. The lowest BCUT2D eigenvalue weighted by Gasteiger charge is -2.20. The molecule has 0 saturated heterocycles. The van der Waals surface area contributed by atoms with E-state index in [0.29, 0.717) is 21.2 Å². The van der Waals surface area contributed by atoms with Crippen LogP contribution in [0.2, 0.25) is 0 Å². The van der Waals surface area contributed by atoms with Gasteiger partial charge in [-0.15, -0.1) is 5.10 Å². The lowest BCUT2D eigenvalue weighted by atomic mass is 9.98. The summed E-state index contributed by atoms with van der Waals surface area (Å²) < 4.78 is 17.1. The quantitative estimate of drug-likeness (QED) is 0.487. The highest BCUT2D eigenvalue weighted by Gasteiger charge is 2.24. The van der Waals surface area contributed by atoms with Gasteiger partial charge in [-0.2, -0.15) is 0 Å². The Morgan fingerprint density at radius 1 is 1.23 bits per heavy atom. The molecule has 1 saturated carbocycles. The molecular formula is C21H21BrFN5OS. The van der Waals surface area contributed by atoms with Crippen LogP contribution >= 0.6 is 27.7 Å². The number of rotatable bonds is 7. The van der Waals surface area contributed by atoms with Crippen LogP contribution in [-0.2, 0) is 4.79 Å². The molecule has 1 aliphatic rings. The van der Waals surface area contributed by atoms with E-state index in [9.17, 15) is 9.18 Å². The van der Waals surface area contributed by atoms with E-state index in [4.69, 9.17) is 0 Å². The number of benzene rings is 2. The van der Waals surface area contributed by atoms with E-state index >= 15 is 0 Å². The summed E-state index contributed by atoms with van der Waals surface area (Å²) in [5.74, 6) is -0.442. The van der Waals surface area contributed by atoms with Crippen LogP contribution in [0.5, 0.6) is 0 Å². The van der Waals surface area contributed by atoms with Crippen LogP contribution in [0, 0.1) is 5.82 Å². The van der Waals surface area contributed by atoms with E-state index in [2.05, 4.69) is 36.8 Å². The topological polar surface area (TPSA) is 72.7 Å². The molecule has 3 aromatic rings. The van der Waals surface area contributed by atoms with Gasteiger partial charge in [0.05, 0.1) is 17.8 Å². The molecule has 1 atom stereocenters. The van der Waals surface area contributed by atoms with Gasteiger partial charge in [0.2, 0.25) is 11.1 Å². The number of nitrogens with one attached hydrogen (secondary N) is 1. The van der Waals surface area contributed by atoms with Crippen molar-refractivity contribution in [1.82, 2.24) is 25.5 Å². The summed E-state index contributed by atoms with van der Waals surface area (Å²) >= 11 is 4.58. The second kappa shape index (κ2) is 9.70. The zero-order valence-corrected chi connectivity index (χ0v) is 18.6. The zero-order valence-electron chi connectivity index (χ0n) is 16.2. The van der Waals surface area contributed by atoms with Crippen LogP contribution in [0.1, 0.15) is 48.9 Å². The van der Waals surface area contributed by atoms with Gasteiger partial charge < -0.3 is 5.32 Å². The Balaban J connectivity index is 1.48. The molecule has 0 spiro atoms. The maximum Gasteiger partial charge on any atom is 0.231 e. The van der Waals surface area contributed by atoms with Gasteiger partial charge in [-0.3, -0.25) is 4.79 Å². The molecule has 4 rings (SSSR count). The third kappa shape index (κ3) is 4.89. The summed E-state index contributed by atoms with van der Waals surface area (Å²) in [4.78, 5) is 12.8. The molecule has 2 aromatic carbocycles. The van der Waals surface area contributed by atoms with Gasteiger partial charge in [-0.25, -0.2) is 9.07 Å². The van der Waals surface area contributed by atoms with Gasteiger partial charge >= 0.3 is 0 Å². The molecule has 156 valence electrons. The minimum absolute atomic E-state index is 0.147. The highest BCUT2D eigenvalue weighted by molar-refractivity contribution is 9.10. The molecule has 0 bridgehead atoms. The standard InChI is InChI=1S/C21H21BrFN5OS/c22-15-10-11-17(18(23)12-15)20(14-6-2-1-3-7-14)24-19(29)13-30-21-25-26-27-28(21)16-8-4-5-9-16/h1-3,6-7,10-12,16,20H,4-5,8-9,13H2,(H,24,29). The molecule has 1 amide bonds. The number of amides is 1. The Bertz CT molecular complexity index is 1010. The minimum Gasteiger partial charge on any atom is -0.344 e. The fourth-order valence-corrected chi connectivity index (χ4v) is 4.80. The first-order valence-electron chi connectivity index (χ1n) is 9.82. The summed E-state index contributed by atoms with van der Waals surface area (Å²) in [5.41, 5.74) is 1.23. The van der Waals surface area contributed by atoms with E-state index in [1.54, 1.807) is 12.1 Å². The number of carbonyl (C=O) groups excluding carboxylic acids is 1. The first-order valence-corrected chi connectivity index (χ1v) is 11.6. The normalized spacial score (nSPS) is 15.3. The highest BCUT2D eigenvalue weighted by Crippen LogP contribution is 2.31. The third-order valence-corrected chi connectivity index (χ3v) is 6.60. The van der Waals surface area contributed by atoms with Crippen LogP contribution in [0.3, 0.4) is 0 Å². The van der Waals surface area contributed by atoms with E-state index < -0.39 is 6.04 Å². The number of hydrogen-bond acceptors (Lipinski definition) is 5. The van der Waals surface area contributed by atoms with Gasteiger partial charge in [0.25, 0.3) is 0 Å². The van der Waals surface area contributed by atoms with Crippen molar-refractivity contribution in [1.29, 1.82) is 0 Å². The molecule has 1 aromatic heterocycles. The maximum atomic E-state index is 14.7. The zero-order chi connectivity index (χ0) is 20.9. The molecule has 1 N–H and O–H groups in total. The fraction of sp³-hybridized carbons (Fsp3) is 0.333. The number of carbonyl (C=O) groups is 1. The summed E-state index contributed by atoms with van der Waals surface area (Å²) in [6.07, 6.45) is 4.46. The summed E-state index contributed by atoms with van der Waals surface area (Å²) in [6.45, 7) is 0. The number of tetrazole rings is 1. The van der Waals surface area contributed by atoms with Crippen molar-refractivity contribution in [3.05, 3.63) is 69.9 Å². The van der Waals surface area contributed by atoms with Crippen LogP contribution in [0.4, 0.5) is 4.39 Å². The van der Waals surface area contributed by atoms with Gasteiger partial charge in [0.15, 0.2) is 0 Å². The van der Waals surface area contributed by atoms with Crippen molar-refractivity contribution >= 4 is 33.6 Å². The number of aromatic nitrogens is 4. The monoisotopic (exact) mass is 489 g/mol. The maximum absolute atomic E-state index is 14.7. The lowest BCUT2D eigenvalue weighted by Crippen LogP contribution is -2.31. The molecule has 1 heterocycles. The SMILES string of the molecule is O=C(CSc1nnnn1C1CCCC1)NC(c1ccccc1)c1ccc(Br)cc1F. The number of nitrogens with zero attached hydrogens (tertiary/aromatic N) is 4. The molecular weight excluding hydrogens is 469 g/mol. The van der Waals surface area contributed by atoms with Crippen molar-refractivity contribution in [2.45, 2.75) is 42.9 Å². The van der Waals surface area contributed by atoms with Gasteiger partial charge in [0.1, 0.15) is 5.82 Å². The Hall–Kier alpha value is -2.26. The Morgan fingerprint density at radius 3 is 2.73 bits per heavy atom. The molecule has 0 aliphatic heterocycles. The average molecular weight is 490 g/mol. The average Bonchev–Trinajstić information content (AvgIpc) is 3.43. The van der Waals surface area contributed by atoms with Gasteiger partial charge in [-0.05, 0) is 41.0 Å². The Labute approximate surface area is 186 Å². The predicted molar refractivity (Wildman–Crippen MR) is 117 cm³/mol. The fourth-order valence-electron chi connectivity index (χ4n) is 3.71. The van der Waals surface area contributed by atoms with Gasteiger partial charge in [-0.1, -0.05) is 76.9 Å². The molecule has 0 radical (unpaired) electrons. The second-order valence-electron chi connectivity index (χ2n) is 7.21. The largest absolute Gasteiger partial charge is 0.344 e. The van der Waals surface area contributed by atoms with E-state index in [1.807, 2.05) is 35.0 Å². The summed E-state index contributed by atoms with van der Waals surface area (Å²) in [6, 6.07) is 14.0. The molecule has 1 unspecified atom stereocenters. The van der Waals surface area contributed by atoms with Crippen LogP contribution < -0.4 is 5.32 Å². The van der Waals surface area contributed by atoms with Crippen molar-refractivity contribution < 1.29 is 9.18 Å². The highest BCUT2D eigenvalue weighted by atomic mass is 79.9. The van der Waals surface area contributed by atoms with Crippen molar-refractivity contribution in [2.24, 2.45) is 0 Å². The van der Waals surface area contributed by atoms with Crippen LogP contribution in [0.25, 0.3) is 0 Å². The molecule has 9 heteroatoms. The second-order valence-corrected chi connectivity index (χ2v) is 9.07. The molecule has 6 nitrogen and oxygen atoms in total. The number of thioether (sulfide) groups is 1. The van der Waals surface area contributed by atoms with Crippen molar-refractivity contribution in [3.8, 4) is 0 Å². The first kappa shape index (κ1) is 21.0. The van der Waals surface area contributed by atoms with Crippen LogP contribution in [-0.4, -0.2) is 31.9 Å². The van der Waals surface area contributed by atoms with E-state index in [1.165, 1.54) is 30.7 Å². The van der Waals surface area contributed by atoms with Gasteiger partial charge in [0, 0.05) is 10.0 Å². The van der Waals surface area contributed by atoms with E-state index in [-0.39, 0.29) is 17.5 Å². The molecule has 1 fully saturated rings.